The summed E-state index contributed by atoms with van der Waals surface area (Å²) in [6, 6.07) is 9.74. The maximum Gasteiger partial charge on any atom is 0.313 e. The molecule has 2 atom stereocenters. The minimum absolute atomic E-state index is 0.0377. The van der Waals surface area contributed by atoms with Crippen LogP contribution in [0, 0.1) is 10.1 Å². The third kappa shape index (κ3) is 3.68. The molecule has 152 valence electrons. The van der Waals surface area contributed by atoms with Gasteiger partial charge in [0, 0.05) is 20.0 Å². The van der Waals surface area contributed by atoms with E-state index >= 15 is 0 Å². The van der Waals surface area contributed by atoms with Crippen LogP contribution >= 0.6 is 0 Å². The van der Waals surface area contributed by atoms with Crippen LogP contribution in [0.2, 0.25) is 0 Å². The summed E-state index contributed by atoms with van der Waals surface area (Å²) in [7, 11) is 1.11. The van der Waals surface area contributed by atoms with Crippen molar-refractivity contribution < 1.29 is 34.3 Å². The molecule has 29 heavy (non-hydrogen) atoms. The summed E-state index contributed by atoms with van der Waals surface area (Å²) in [6.45, 7) is 0.954. The highest BCUT2D eigenvalue weighted by Gasteiger charge is 2.52. The smallest absolute Gasteiger partial charge is 0.313 e. The van der Waals surface area contributed by atoms with E-state index in [1.165, 1.54) is 42.5 Å². The molecule has 1 aliphatic rings. The van der Waals surface area contributed by atoms with Gasteiger partial charge in [0.1, 0.15) is 11.9 Å². The molecule has 0 fully saturated rings. The normalized spacial score (nSPS) is 20.6. The number of benzene rings is 2. The van der Waals surface area contributed by atoms with Crippen LogP contribution in [0.25, 0.3) is 0 Å². The monoisotopic (exact) mass is 402 g/mol. The molecule has 0 spiro atoms. The summed E-state index contributed by atoms with van der Waals surface area (Å²) in [4.78, 5) is 39.8. The lowest BCUT2D eigenvalue weighted by Crippen LogP contribution is -2.48. The first kappa shape index (κ1) is 20.4. The number of hydroxylamine groups is 2. The lowest BCUT2D eigenvalue weighted by Gasteiger charge is -2.41. The van der Waals surface area contributed by atoms with Crippen LogP contribution in [0.4, 0.5) is 5.69 Å². The van der Waals surface area contributed by atoms with Crippen molar-refractivity contribution in [2.75, 3.05) is 7.05 Å². The third-order valence-corrected chi connectivity index (χ3v) is 4.50. The minimum atomic E-state index is -2.51. The fourth-order valence-corrected chi connectivity index (χ4v) is 3.23. The van der Waals surface area contributed by atoms with Crippen LogP contribution in [-0.4, -0.2) is 38.9 Å². The Labute approximate surface area is 165 Å². The first-order chi connectivity index (χ1) is 13.6. The first-order valence-corrected chi connectivity index (χ1v) is 8.52. The number of nitro groups is 1. The summed E-state index contributed by atoms with van der Waals surface area (Å²) in [5.74, 6) is -4.46. The molecule has 1 aliphatic heterocycles. The molecule has 0 saturated carbocycles. The maximum absolute atomic E-state index is 12.0. The predicted molar refractivity (Wildman–Crippen MR) is 97.2 cm³/mol. The Bertz CT molecular complexity index is 975. The van der Waals surface area contributed by atoms with Crippen LogP contribution in [-0.2, 0) is 31.6 Å². The van der Waals surface area contributed by atoms with Gasteiger partial charge in [0.25, 0.3) is 11.5 Å². The van der Waals surface area contributed by atoms with Crippen LogP contribution < -0.4 is 0 Å². The number of fused-ring (bicyclic) bond motifs is 1. The Morgan fingerprint density at radius 3 is 2.52 bits per heavy atom. The number of aliphatic hydroxyl groups is 1. The Balaban J connectivity index is 2.18. The Hall–Kier alpha value is -3.34. The fourth-order valence-electron chi connectivity index (χ4n) is 3.23. The molecule has 0 radical (unpaired) electrons. The molecular formula is C19H18N2O8. The molecule has 10 nitrogen and oxygen atoms in total. The number of ketones is 1. The largest absolute Gasteiger partial charge is 0.508 e. The summed E-state index contributed by atoms with van der Waals surface area (Å²) in [5.41, 5.74) is 0.0106. The van der Waals surface area contributed by atoms with Gasteiger partial charge in [-0.15, -0.1) is 0 Å². The van der Waals surface area contributed by atoms with Gasteiger partial charge in [-0.2, -0.15) is 0 Å². The Kier molecular flexibility index (Phi) is 5.33. The topological polar surface area (TPSA) is 139 Å². The number of nitrogens with zero attached hydrogens (tertiary/aromatic N) is 2. The maximum atomic E-state index is 12.0. The van der Waals surface area contributed by atoms with E-state index < -0.39 is 34.2 Å². The molecule has 0 aromatic heterocycles. The standard InChI is InChI=1S/C19H18N2O8/c1-11(22)18(24)20(2)29-19(25)16-13(4-3-5-15(16)21(26)27)10-28-17(19)12-6-8-14(23)9-7-12/h3-9,17,23,25H,10H2,1-2H3. The second-order valence-corrected chi connectivity index (χ2v) is 6.50. The number of carbonyl (C=O) groups excluding carboxylic acids is 2. The van der Waals surface area contributed by atoms with Crippen LogP contribution in [0.1, 0.15) is 29.7 Å². The predicted octanol–water partition coefficient (Wildman–Crippen LogP) is 1.70. The Morgan fingerprint density at radius 2 is 1.93 bits per heavy atom. The fraction of sp³-hybridized carbons (Fsp3) is 0.263. The lowest BCUT2D eigenvalue weighted by molar-refractivity contribution is -0.400. The van der Waals surface area contributed by atoms with Gasteiger partial charge in [-0.1, -0.05) is 24.3 Å². The molecule has 1 heterocycles. The number of amides is 1. The summed E-state index contributed by atoms with van der Waals surface area (Å²) in [5, 5.41) is 33.2. The number of hydrogen-bond acceptors (Lipinski definition) is 8. The van der Waals surface area contributed by atoms with Crippen molar-refractivity contribution >= 4 is 17.4 Å². The number of carbonyl (C=O) groups is 2. The van der Waals surface area contributed by atoms with Gasteiger partial charge < -0.3 is 14.9 Å². The van der Waals surface area contributed by atoms with E-state index in [0.717, 1.165) is 14.0 Å². The Morgan fingerprint density at radius 1 is 1.28 bits per heavy atom. The number of Topliss-reactive ketones (excluding diaryl/α,β-unsaturated/α-hetero) is 1. The molecular weight excluding hydrogens is 384 g/mol. The number of aromatic hydroxyl groups is 1. The van der Waals surface area contributed by atoms with Crippen molar-refractivity contribution in [3.8, 4) is 5.75 Å². The second-order valence-electron chi connectivity index (χ2n) is 6.50. The lowest BCUT2D eigenvalue weighted by atomic mass is 9.87. The van der Waals surface area contributed by atoms with Crippen molar-refractivity contribution in [2.45, 2.75) is 25.4 Å². The van der Waals surface area contributed by atoms with Gasteiger partial charge in [-0.25, -0.2) is 9.90 Å². The van der Waals surface area contributed by atoms with Crippen LogP contribution in [0.5, 0.6) is 5.75 Å². The van der Waals surface area contributed by atoms with E-state index in [1.807, 2.05) is 0 Å². The average Bonchev–Trinajstić information content (AvgIpc) is 2.68. The van der Waals surface area contributed by atoms with Crippen molar-refractivity contribution in [2.24, 2.45) is 0 Å². The van der Waals surface area contributed by atoms with E-state index in [9.17, 15) is 29.9 Å². The van der Waals surface area contributed by atoms with Crippen molar-refractivity contribution in [1.29, 1.82) is 0 Å². The minimum Gasteiger partial charge on any atom is -0.508 e. The van der Waals surface area contributed by atoms with Crippen molar-refractivity contribution in [3.05, 3.63) is 69.3 Å². The molecule has 2 aromatic carbocycles. The second kappa shape index (κ2) is 7.59. The summed E-state index contributed by atoms with van der Waals surface area (Å²) in [6.07, 6.45) is -1.29. The number of phenols is 1. The number of likely N-dealkylation sites (N-methyl/N-ethyl adjacent to an activating group) is 1. The van der Waals surface area contributed by atoms with Crippen molar-refractivity contribution in [1.82, 2.24) is 5.06 Å². The van der Waals surface area contributed by atoms with Gasteiger partial charge >= 0.3 is 5.91 Å². The number of rotatable bonds is 5. The molecule has 2 aromatic rings. The van der Waals surface area contributed by atoms with E-state index in [4.69, 9.17) is 9.57 Å². The van der Waals surface area contributed by atoms with E-state index in [1.54, 1.807) is 0 Å². The summed E-state index contributed by atoms with van der Waals surface area (Å²) >= 11 is 0. The highest BCUT2D eigenvalue weighted by Crippen LogP contribution is 2.48. The molecule has 3 rings (SSSR count). The highest BCUT2D eigenvalue weighted by molar-refractivity contribution is 6.34. The summed E-state index contributed by atoms with van der Waals surface area (Å²) < 4.78 is 5.72. The number of ether oxygens (including phenoxy) is 1. The molecule has 0 bridgehead atoms. The SMILES string of the molecule is CC(=O)C(=O)N(C)OC1(O)c2c(cccc2[N+](=O)[O-])COC1c1ccc(O)cc1. The molecule has 2 N–H and O–H groups in total. The zero-order valence-corrected chi connectivity index (χ0v) is 15.6. The quantitative estimate of drug-likeness (QED) is 0.333. The number of nitro benzene ring substituents is 1. The number of phenolic OH excluding ortho intramolecular Hbond substituents is 1. The van der Waals surface area contributed by atoms with E-state index in [0.29, 0.717) is 16.2 Å². The molecule has 1 amide bonds. The molecule has 10 heteroatoms. The zero-order chi connectivity index (χ0) is 21.3. The highest BCUT2D eigenvalue weighted by atomic mass is 16.8. The van der Waals surface area contributed by atoms with Gasteiger partial charge in [0.2, 0.25) is 5.78 Å². The molecule has 0 aliphatic carbocycles. The van der Waals surface area contributed by atoms with Crippen molar-refractivity contribution in [3.63, 3.8) is 0 Å². The number of hydrogen-bond donors (Lipinski definition) is 2. The van der Waals surface area contributed by atoms with Gasteiger partial charge in [0.15, 0.2) is 0 Å². The van der Waals surface area contributed by atoms with Gasteiger partial charge in [0.05, 0.1) is 17.1 Å². The van der Waals surface area contributed by atoms with Crippen LogP contribution in [0.15, 0.2) is 42.5 Å². The van der Waals surface area contributed by atoms with Gasteiger partial charge in [-0.3, -0.25) is 19.7 Å². The molecule has 2 unspecified atom stereocenters. The zero-order valence-electron chi connectivity index (χ0n) is 15.6. The molecule has 0 saturated heterocycles. The average molecular weight is 402 g/mol. The first-order valence-electron chi connectivity index (χ1n) is 8.52. The third-order valence-electron chi connectivity index (χ3n) is 4.50. The van der Waals surface area contributed by atoms with E-state index in [2.05, 4.69) is 0 Å². The van der Waals surface area contributed by atoms with Gasteiger partial charge in [-0.05, 0) is 23.3 Å². The van der Waals surface area contributed by atoms with Crippen LogP contribution in [0.3, 0.4) is 0 Å². The van der Waals surface area contributed by atoms with E-state index in [-0.39, 0.29) is 17.9 Å².